The molecular formula is C16H17N3O5S. The van der Waals surface area contributed by atoms with Crippen LogP contribution in [-0.2, 0) is 0 Å². The maximum atomic E-state index is 12.4. The van der Waals surface area contributed by atoms with Crippen molar-refractivity contribution in [2.24, 2.45) is 0 Å². The number of rotatable bonds is 4. The predicted octanol–water partition coefficient (Wildman–Crippen LogP) is 3.23. The van der Waals surface area contributed by atoms with Crippen LogP contribution in [0.2, 0.25) is 0 Å². The molecule has 1 amide bonds. The Kier molecular flexibility index (Phi) is 4.25. The van der Waals surface area contributed by atoms with Gasteiger partial charge in [0.15, 0.2) is 5.75 Å². The molecule has 25 heavy (non-hydrogen) atoms. The van der Waals surface area contributed by atoms with Crippen molar-refractivity contribution in [1.82, 2.24) is 5.32 Å². The van der Waals surface area contributed by atoms with Crippen molar-refractivity contribution in [3.63, 3.8) is 0 Å². The molecule has 3 rings (SSSR count). The molecule has 0 radical (unpaired) electrons. The molecule has 0 saturated carbocycles. The Morgan fingerprint density at radius 2 is 2.08 bits per heavy atom. The molecule has 1 atom stereocenters. The summed E-state index contributed by atoms with van der Waals surface area (Å²) in [7, 11) is 0. The van der Waals surface area contributed by atoms with Crippen LogP contribution in [0, 0.1) is 24.0 Å². The Balaban J connectivity index is 2.05. The van der Waals surface area contributed by atoms with Crippen molar-refractivity contribution >= 4 is 27.9 Å². The number of amides is 1. The zero-order chi connectivity index (χ0) is 18.3. The fourth-order valence-corrected chi connectivity index (χ4v) is 3.81. The molecule has 2 heterocycles. The van der Waals surface area contributed by atoms with Crippen molar-refractivity contribution in [1.29, 1.82) is 0 Å². The Labute approximate surface area is 147 Å². The van der Waals surface area contributed by atoms with Crippen LogP contribution in [-0.4, -0.2) is 22.5 Å². The van der Waals surface area contributed by atoms with Crippen LogP contribution in [0.15, 0.2) is 12.1 Å². The van der Waals surface area contributed by atoms with Gasteiger partial charge >= 0.3 is 5.69 Å². The zero-order valence-electron chi connectivity index (χ0n) is 13.9. The second-order valence-corrected chi connectivity index (χ2v) is 6.84. The fourth-order valence-electron chi connectivity index (χ4n) is 2.72. The highest BCUT2D eigenvalue weighted by atomic mass is 32.1. The largest absolute Gasteiger partial charge is 0.500 e. The molecule has 9 heteroatoms. The number of nitro benzene ring substituents is 1. The van der Waals surface area contributed by atoms with E-state index in [4.69, 9.17) is 4.74 Å². The molecule has 1 aliphatic rings. The molecule has 2 aromatic rings. The molecule has 0 fully saturated rings. The smallest absolute Gasteiger partial charge is 0.315 e. The van der Waals surface area contributed by atoms with E-state index in [0.29, 0.717) is 11.1 Å². The Morgan fingerprint density at radius 3 is 2.72 bits per heavy atom. The Hall–Kier alpha value is -2.81. The summed E-state index contributed by atoms with van der Waals surface area (Å²) < 4.78 is 5.29. The molecule has 0 spiro atoms. The molecule has 132 valence electrons. The van der Waals surface area contributed by atoms with Gasteiger partial charge in [0.25, 0.3) is 5.91 Å². The van der Waals surface area contributed by atoms with E-state index in [0.717, 1.165) is 15.4 Å². The monoisotopic (exact) mass is 363 g/mol. The number of aromatic hydroxyl groups is 1. The average molecular weight is 363 g/mol. The topological polar surface area (TPSA) is 114 Å². The summed E-state index contributed by atoms with van der Waals surface area (Å²) in [5, 5.41) is 27.9. The van der Waals surface area contributed by atoms with Crippen molar-refractivity contribution < 1.29 is 19.6 Å². The molecule has 8 nitrogen and oxygen atoms in total. The first-order valence-electron chi connectivity index (χ1n) is 7.65. The predicted molar refractivity (Wildman–Crippen MR) is 93.6 cm³/mol. The molecule has 0 bridgehead atoms. The van der Waals surface area contributed by atoms with Gasteiger partial charge in [-0.05, 0) is 32.4 Å². The number of carbonyl (C=O) groups is 1. The average Bonchev–Trinajstić information content (AvgIpc) is 2.84. The van der Waals surface area contributed by atoms with Crippen molar-refractivity contribution in [3.05, 3.63) is 43.8 Å². The van der Waals surface area contributed by atoms with Gasteiger partial charge in [-0.25, -0.2) is 0 Å². The first-order chi connectivity index (χ1) is 11.8. The number of phenolic OH excluding ortho intramolecular Hbond substituents is 1. The summed E-state index contributed by atoms with van der Waals surface area (Å²) in [5.41, 5.74) is 1.46. The number of carbonyl (C=O) groups excluding carboxylic acids is 1. The highest BCUT2D eigenvalue weighted by Crippen LogP contribution is 2.41. The van der Waals surface area contributed by atoms with Gasteiger partial charge < -0.3 is 20.5 Å². The highest BCUT2D eigenvalue weighted by Gasteiger charge is 2.31. The fraction of sp³-hybridized carbons (Fsp3) is 0.312. The lowest BCUT2D eigenvalue weighted by Gasteiger charge is -2.26. The molecule has 0 saturated heterocycles. The summed E-state index contributed by atoms with van der Waals surface area (Å²) >= 11 is 1.46. The summed E-state index contributed by atoms with van der Waals surface area (Å²) in [6.07, 6.45) is -0.657. The maximum Gasteiger partial charge on any atom is 0.315 e. The minimum atomic E-state index is -0.684. The van der Waals surface area contributed by atoms with Crippen LogP contribution < -0.4 is 15.4 Å². The van der Waals surface area contributed by atoms with E-state index >= 15 is 0 Å². The number of thiophene rings is 1. The second kappa shape index (κ2) is 6.25. The number of anilines is 1. The SMILES string of the molecule is CCOc1cc(C2NC(=O)c3c(sc(C)c3C)N2)cc([N+](=O)[O-])c1O. The van der Waals surface area contributed by atoms with Gasteiger partial charge in [-0.1, -0.05) is 0 Å². The summed E-state index contributed by atoms with van der Waals surface area (Å²) in [6, 6.07) is 2.72. The minimum absolute atomic E-state index is 0.00656. The van der Waals surface area contributed by atoms with E-state index in [2.05, 4.69) is 10.6 Å². The van der Waals surface area contributed by atoms with Gasteiger partial charge in [0.05, 0.1) is 17.1 Å². The molecule has 1 aliphatic heterocycles. The van der Waals surface area contributed by atoms with Crippen LogP contribution in [0.3, 0.4) is 0 Å². The zero-order valence-corrected chi connectivity index (χ0v) is 14.7. The highest BCUT2D eigenvalue weighted by molar-refractivity contribution is 7.16. The van der Waals surface area contributed by atoms with Crippen molar-refractivity contribution in [3.8, 4) is 11.5 Å². The summed E-state index contributed by atoms with van der Waals surface area (Å²) in [4.78, 5) is 24.0. The normalized spacial score (nSPS) is 16.0. The van der Waals surface area contributed by atoms with E-state index in [1.807, 2.05) is 13.8 Å². The molecule has 3 N–H and O–H groups in total. The number of aryl methyl sites for hydroxylation is 1. The molecular weight excluding hydrogens is 346 g/mol. The van der Waals surface area contributed by atoms with Gasteiger partial charge in [0.2, 0.25) is 5.75 Å². The van der Waals surface area contributed by atoms with Crippen LogP contribution in [0.4, 0.5) is 10.7 Å². The summed E-state index contributed by atoms with van der Waals surface area (Å²) in [6.45, 7) is 5.76. The van der Waals surface area contributed by atoms with Crippen molar-refractivity contribution in [2.45, 2.75) is 26.9 Å². The van der Waals surface area contributed by atoms with Gasteiger partial charge in [-0.2, -0.15) is 0 Å². The number of nitrogens with zero attached hydrogens (tertiary/aromatic N) is 1. The molecule has 0 aliphatic carbocycles. The third-order valence-electron chi connectivity index (χ3n) is 4.07. The minimum Gasteiger partial charge on any atom is -0.500 e. The lowest BCUT2D eigenvalue weighted by molar-refractivity contribution is -0.386. The van der Waals surface area contributed by atoms with Gasteiger partial charge in [-0.3, -0.25) is 14.9 Å². The maximum absolute atomic E-state index is 12.4. The van der Waals surface area contributed by atoms with Crippen LogP contribution in [0.1, 0.15) is 39.5 Å². The Morgan fingerprint density at radius 1 is 1.36 bits per heavy atom. The quantitative estimate of drug-likeness (QED) is 0.568. The van der Waals surface area contributed by atoms with E-state index in [1.165, 1.54) is 23.5 Å². The molecule has 1 aromatic carbocycles. The lowest BCUT2D eigenvalue weighted by atomic mass is 10.1. The van der Waals surface area contributed by atoms with Crippen LogP contribution >= 0.6 is 11.3 Å². The number of nitrogens with one attached hydrogen (secondary N) is 2. The molecule has 1 unspecified atom stereocenters. The standard InChI is InChI=1S/C16H17N3O5S/c1-4-24-11-6-9(5-10(13(11)20)19(22)23)14-17-15(21)12-7(2)8(3)25-16(12)18-14/h5-6,14,18,20H,4H2,1-3H3,(H,17,21). The van der Waals surface area contributed by atoms with E-state index in [9.17, 15) is 20.0 Å². The second-order valence-electron chi connectivity index (χ2n) is 5.62. The number of nitro groups is 1. The first-order valence-corrected chi connectivity index (χ1v) is 8.46. The third kappa shape index (κ3) is 2.86. The number of benzene rings is 1. The molecule has 1 aromatic heterocycles. The number of fused-ring (bicyclic) bond motifs is 1. The van der Waals surface area contributed by atoms with Crippen LogP contribution in [0.5, 0.6) is 11.5 Å². The Bertz CT molecular complexity index is 877. The number of hydrogen-bond donors (Lipinski definition) is 3. The summed E-state index contributed by atoms with van der Waals surface area (Å²) in [5.74, 6) is -0.761. The van der Waals surface area contributed by atoms with Crippen molar-refractivity contribution in [2.75, 3.05) is 11.9 Å². The van der Waals surface area contributed by atoms with Gasteiger partial charge in [-0.15, -0.1) is 11.3 Å². The number of hydrogen-bond acceptors (Lipinski definition) is 7. The van der Waals surface area contributed by atoms with E-state index in [-0.39, 0.29) is 18.3 Å². The van der Waals surface area contributed by atoms with E-state index in [1.54, 1.807) is 6.92 Å². The third-order valence-corrected chi connectivity index (χ3v) is 5.21. The number of phenols is 1. The van der Waals surface area contributed by atoms with Gasteiger partial charge in [0, 0.05) is 16.5 Å². The van der Waals surface area contributed by atoms with E-state index < -0.39 is 22.5 Å². The van der Waals surface area contributed by atoms with Gasteiger partial charge in [0.1, 0.15) is 11.2 Å². The number of ether oxygens (including phenoxy) is 1. The lowest BCUT2D eigenvalue weighted by Crippen LogP contribution is -2.38. The van der Waals surface area contributed by atoms with Crippen LogP contribution in [0.25, 0.3) is 0 Å². The first kappa shape index (κ1) is 17.0.